The highest BCUT2D eigenvalue weighted by Crippen LogP contribution is 2.45. The monoisotopic (exact) mass is 393 g/mol. The highest BCUT2D eigenvalue weighted by Gasteiger charge is 2.51. The van der Waals surface area contributed by atoms with E-state index in [4.69, 9.17) is 4.74 Å². The molecule has 0 radical (unpaired) electrons. The molecule has 5 heteroatoms. The third-order valence-corrected chi connectivity index (χ3v) is 6.10. The summed E-state index contributed by atoms with van der Waals surface area (Å²) in [5, 5.41) is 10.4. The Balaban J connectivity index is 1.31. The van der Waals surface area contributed by atoms with E-state index in [0.717, 1.165) is 43.2 Å². The van der Waals surface area contributed by atoms with Gasteiger partial charge in [-0.05, 0) is 36.1 Å². The first-order valence-corrected chi connectivity index (χ1v) is 10.4. The number of aliphatic hydroxyl groups excluding tert-OH is 1. The largest absolute Gasteiger partial charge is 0.491 e. The molecule has 1 aliphatic heterocycles. The van der Waals surface area contributed by atoms with Crippen molar-refractivity contribution in [1.29, 1.82) is 0 Å². The number of nitrogens with zero attached hydrogens (tertiary/aromatic N) is 1. The number of ether oxygens (including phenoxy) is 1. The van der Waals surface area contributed by atoms with Crippen LogP contribution in [0.15, 0.2) is 54.6 Å². The van der Waals surface area contributed by atoms with Gasteiger partial charge in [0.1, 0.15) is 18.5 Å². The summed E-state index contributed by atoms with van der Waals surface area (Å²) in [5.74, 6) is 0.378. The third-order valence-electron chi connectivity index (χ3n) is 6.10. The fourth-order valence-electron chi connectivity index (χ4n) is 4.49. The Morgan fingerprint density at radius 1 is 0.931 bits per heavy atom. The predicted octanol–water partition coefficient (Wildman–Crippen LogP) is 3.80. The molecule has 2 fully saturated rings. The first-order chi connectivity index (χ1) is 14.1. The number of β-amino-alcohol motifs (C(OH)–C–C–N with tert-alkyl or cyclic N) is 1. The smallest absolute Gasteiger partial charge is 0.235 e. The summed E-state index contributed by atoms with van der Waals surface area (Å²) in [7, 11) is 0. The number of carbonyl (C=O) groups excluding carboxylic acids is 2. The Bertz CT molecular complexity index is 856. The number of amides is 2. The zero-order chi connectivity index (χ0) is 20.3. The highest BCUT2D eigenvalue weighted by atomic mass is 16.5. The molecule has 2 amide bonds. The molecular formula is C24H27NO4. The van der Waals surface area contributed by atoms with Crippen LogP contribution in [0, 0.1) is 5.41 Å². The summed E-state index contributed by atoms with van der Waals surface area (Å²) < 4.78 is 5.68. The van der Waals surface area contributed by atoms with Crippen LogP contribution < -0.4 is 4.74 Å². The average Bonchev–Trinajstić information content (AvgIpc) is 2.97. The topological polar surface area (TPSA) is 66.8 Å². The zero-order valence-corrected chi connectivity index (χ0v) is 16.5. The molecule has 1 saturated heterocycles. The quantitative estimate of drug-likeness (QED) is 0.758. The van der Waals surface area contributed by atoms with Crippen LogP contribution >= 0.6 is 0 Å². The number of benzene rings is 2. The Labute approximate surface area is 171 Å². The summed E-state index contributed by atoms with van der Waals surface area (Å²) in [4.78, 5) is 26.5. The molecule has 2 aromatic carbocycles. The first-order valence-electron chi connectivity index (χ1n) is 10.4. The molecule has 0 bridgehead atoms. The van der Waals surface area contributed by atoms with Gasteiger partial charge < -0.3 is 9.84 Å². The van der Waals surface area contributed by atoms with Crippen molar-refractivity contribution in [1.82, 2.24) is 4.90 Å². The Morgan fingerprint density at radius 3 is 2.28 bits per heavy atom. The van der Waals surface area contributed by atoms with Crippen LogP contribution in [0.2, 0.25) is 0 Å². The minimum atomic E-state index is -0.907. The van der Waals surface area contributed by atoms with E-state index < -0.39 is 11.5 Å². The lowest BCUT2D eigenvalue weighted by molar-refractivity contribution is -0.144. The van der Waals surface area contributed by atoms with Crippen LogP contribution in [-0.2, 0) is 9.59 Å². The predicted molar refractivity (Wildman–Crippen MR) is 110 cm³/mol. The lowest BCUT2D eigenvalue weighted by Crippen LogP contribution is -2.42. The van der Waals surface area contributed by atoms with E-state index >= 15 is 0 Å². The van der Waals surface area contributed by atoms with Crippen molar-refractivity contribution >= 4 is 11.8 Å². The van der Waals surface area contributed by atoms with E-state index in [1.54, 1.807) is 0 Å². The summed E-state index contributed by atoms with van der Waals surface area (Å²) in [6.07, 6.45) is 4.08. The molecule has 1 aliphatic carbocycles. The van der Waals surface area contributed by atoms with Gasteiger partial charge in [0.05, 0.1) is 12.0 Å². The van der Waals surface area contributed by atoms with Crippen molar-refractivity contribution < 1.29 is 19.4 Å². The SMILES string of the molecule is O=C1CC2(CCCCC2)C(=O)N1C[C@H](O)COc1ccc(-c2ccccc2)cc1. The molecule has 152 valence electrons. The van der Waals surface area contributed by atoms with Crippen molar-refractivity contribution in [2.45, 2.75) is 44.6 Å². The molecule has 2 aromatic rings. The summed E-state index contributed by atoms with van der Waals surface area (Å²) in [6, 6.07) is 17.7. The molecule has 1 saturated carbocycles. The second-order valence-corrected chi connectivity index (χ2v) is 8.18. The van der Waals surface area contributed by atoms with Crippen molar-refractivity contribution in [3.63, 3.8) is 0 Å². The van der Waals surface area contributed by atoms with Gasteiger partial charge in [0.25, 0.3) is 0 Å². The summed E-state index contributed by atoms with van der Waals surface area (Å²) in [6.45, 7) is 0.0380. The van der Waals surface area contributed by atoms with E-state index in [9.17, 15) is 14.7 Å². The van der Waals surface area contributed by atoms with Gasteiger partial charge in [0.15, 0.2) is 0 Å². The van der Waals surface area contributed by atoms with Gasteiger partial charge in [-0.15, -0.1) is 0 Å². The minimum absolute atomic E-state index is 0.00150. The average molecular weight is 393 g/mol. The number of hydrogen-bond donors (Lipinski definition) is 1. The van der Waals surface area contributed by atoms with Gasteiger partial charge in [-0.25, -0.2) is 0 Å². The second-order valence-electron chi connectivity index (χ2n) is 8.18. The van der Waals surface area contributed by atoms with E-state index in [1.165, 1.54) is 4.90 Å². The van der Waals surface area contributed by atoms with E-state index in [0.29, 0.717) is 12.2 Å². The van der Waals surface area contributed by atoms with Crippen LogP contribution in [0.25, 0.3) is 11.1 Å². The number of imide groups is 1. The summed E-state index contributed by atoms with van der Waals surface area (Å²) >= 11 is 0. The van der Waals surface area contributed by atoms with E-state index in [1.807, 2.05) is 54.6 Å². The van der Waals surface area contributed by atoms with Crippen molar-refractivity contribution in [3.05, 3.63) is 54.6 Å². The van der Waals surface area contributed by atoms with Gasteiger partial charge in [-0.1, -0.05) is 61.7 Å². The van der Waals surface area contributed by atoms with Crippen molar-refractivity contribution in [2.24, 2.45) is 5.41 Å². The van der Waals surface area contributed by atoms with Gasteiger partial charge in [0, 0.05) is 6.42 Å². The molecule has 4 rings (SSSR count). The maximum absolute atomic E-state index is 12.8. The molecule has 1 N–H and O–H groups in total. The maximum Gasteiger partial charge on any atom is 0.235 e. The molecule has 1 atom stereocenters. The summed E-state index contributed by atoms with van der Waals surface area (Å²) in [5.41, 5.74) is 1.70. The maximum atomic E-state index is 12.8. The molecule has 5 nitrogen and oxygen atoms in total. The molecule has 2 aliphatic rings. The van der Waals surface area contributed by atoms with Gasteiger partial charge >= 0.3 is 0 Å². The van der Waals surface area contributed by atoms with Crippen molar-refractivity contribution in [3.8, 4) is 16.9 Å². The van der Waals surface area contributed by atoms with Crippen LogP contribution in [-0.4, -0.2) is 41.1 Å². The molecule has 0 aromatic heterocycles. The van der Waals surface area contributed by atoms with E-state index in [-0.39, 0.29) is 25.0 Å². The number of aliphatic hydroxyl groups is 1. The van der Waals surface area contributed by atoms with Crippen LogP contribution in [0.1, 0.15) is 38.5 Å². The highest BCUT2D eigenvalue weighted by molar-refractivity contribution is 6.06. The van der Waals surface area contributed by atoms with Crippen LogP contribution in [0.5, 0.6) is 5.75 Å². The molecule has 0 unspecified atom stereocenters. The van der Waals surface area contributed by atoms with Crippen LogP contribution in [0.3, 0.4) is 0 Å². The minimum Gasteiger partial charge on any atom is -0.491 e. The Morgan fingerprint density at radius 2 is 1.59 bits per heavy atom. The lowest BCUT2D eigenvalue weighted by Gasteiger charge is -2.30. The first kappa shape index (κ1) is 19.6. The number of rotatable bonds is 6. The van der Waals surface area contributed by atoms with E-state index in [2.05, 4.69) is 0 Å². The second kappa shape index (κ2) is 8.37. The van der Waals surface area contributed by atoms with Gasteiger partial charge in [-0.3, -0.25) is 14.5 Å². The molecule has 1 spiro atoms. The number of carbonyl (C=O) groups is 2. The zero-order valence-electron chi connectivity index (χ0n) is 16.5. The van der Waals surface area contributed by atoms with Crippen LogP contribution in [0.4, 0.5) is 0 Å². The normalized spacial score (nSPS) is 19.6. The standard InChI is InChI=1S/C24H27NO4/c26-20(16-25-22(27)15-24(23(25)28)13-5-2-6-14-24)17-29-21-11-9-19(10-12-21)18-7-3-1-4-8-18/h1,3-4,7-12,20,26H,2,5-6,13-17H2/t20-/m0/s1. The number of hydrogen-bond acceptors (Lipinski definition) is 4. The number of likely N-dealkylation sites (tertiary alicyclic amines) is 1. The molecular weight excluding hydrogens is 366 g/mol. The third kappa shape index (κ3) is 4.20. The van der Waals surface area contributed by atoms with Crippen molar-refractivity contribution in [2.75, 3.05) is 13.2 Å². The molecule has 29 heavy (non-hydrogen) atoms. The Hall–Kier alpha value is -2.66. The fraction of sp³-hybridized carbons (Fsp3) is 0.417. The Kier molecular flexibility index (Phi) is 5.67. The lowest BCUT2D eigenvalue weighted by atomic mass is 9.73. The fourth-order valence-corrected chi connectivity index (χ4v) is 4.49. The van der Waals surface area contributed by atoms with Gasteiger partial charge in [-0.2, -0.15) is 0 Å². The van der Waals surface area contributed by atoms with Gasteiger partial charge in [0.2, 0.25) is 11.8 Å². The molecule has 1 heterocycles.